The summed E-state index contributed by atoms with van der Waals surface area (Å²) in [5, 5.41) is 18.4. The van der Waals surface area contributed by atoms with Crippen LogP contribution >= 0.6 is 0 Å². The van der Waals surface area contributed by atoms with E-state index in [2.05, 4.69) is 0 Å². The first kappa shape index (κ1) is 15.9. The number of carbonyl (C=O) groups excluding carboxylic acids is 1. The molecular weight excluding hydrogens is 276 g/mol. The molecule has 0 saturated carbocycles. The smallest absolute Gasteiger partial charge is 0.326 e. The fourth-order valence-electron chi connectivity index (χ4n) is 1.97. The van der Waals surface area contributed by atoms with Crippen LogP contribution in [0.1, 0.15) is 12.8 Å². The predicted octanol–water partition coefficient (Wildman–Crippen LogP) is -2.21. The van der Waals surface area contributed by atoms with Gasteiger partial charge in [0.2, 0.25) is 5.91 Å². The molecule has 1 rings (SSSR count). The number of sulfone groups is 1. The van der Waals surface area contributed by atoms with Gasteiger partial charge in [0, 0.05) is 19.2 Å². The second kappa shape index (κ2) is 5.85. The number of carboxylic acid groups (broad SMARTS) is 1. The molecule has 1 amide bonds. The van der Waals surface area contributed by atoms with Crippen LogP contribution in [0.25, 0.3) is 0 Å². The third-order valence-electron chi connectivity index (χ3n) is 2.96. The lowest BCUT2D eigenvalue weighted by molar-refractivity contribution is -0.148. The molecule has 1 fully saturated rings. The summed E-state index contributed by atoms with van der Waals surface area (Å²) < 4.78 is 22.0. The predicted molar refractivity (Wildman–Crippen MR) is 66.1 cm³/mol. The van der Waals surface area contributed by atoms with E-state index in [-0.39, 0.29) is 25.1 Å². The van der Waals surface area contributed by atoms with E-state index in [1.807, 2.05) is 0 Å². The average molecular weight is 294 g/mol. The monoisotopic (exact) mass is 294 g/mol. The Labute approximate surface area is 111 Å². The van der Waals surface area contributed by atoms with Gasteiger partial charge >= 0.3 is 5.97 Å². The second-order valence-electron chi connectivity index (χ2n) is 4.76. The molecule has 8 nitrogen and oxygen atoms in total. The van der Waals surface area contributed by atoms with Gasteiger partial charge in [-0.05, 0) is 6.42 Å². The number of rotatable bonds is 5. The maximum atomic E-state index is 12.0. The van der Waals surface area contributed by atoms with Crippen molar-refractivity contribution in [2.24, 2.45) is 5.73 Å². The molecular formula is C10H18N2O6S. The zero-order valence-electron chi connectivity index (χ0n) is 10.5. The lowest BCUT2D eigenvalue weighted by atomic mass is 10.1. The molecule has 19 heavy (non-hydrogen) atoms. The number of β-amino-alcohol motifs (C(OH)–C–C–N with tert-alkyl or cyclic N) is 1. The number of hydrogen-bond acceptors (Lipinski definition) is 6. The maximum absolute atomic E-state index is 12.0. The summed E-state index contributed by atoms with van der Waals surface area (Å²) in [7, 11) is -3.23. The van der Waals surface area contributed by atoms with Gasteiger partial charge in [0.05, 0.1) is 17.9 Å². The topological polar surface area (TPSA) is 138 Å². The Morgan fingerprint density at radius 3 is 2.53 bits per heavy atom. The molecule has 1 saturated heterocycles. The van der Waals surface area contributed by atoms with E-state index in [9.17, 15) is 23.1 Å². The number of aliphatic hydroxyl groups is 1. The third-order valence-corrected chi connectivity index (χ3v) is 3.94. The minimum atomic E-state index is -3.23. The summed E-state index contributed by atoms with van der Waals surface area (Å²) in [4.78, 5) is 23.9. The van der Waals surface area contributed by atoms with Crippen LogP contribution in [0.3, 0.4) is 0 Å². The molecule has 9 heteroatoms. The third kappa shape index (κ3) is 4.44. The van der Waals surface area contributed by atoms with Gasteiger partial charge in [-0.1, -0.05) is 0 Å². The molecule has 4 N–H and O–H groups in total. The Balaban J connectivity index is 2.68. The molecule has 0 bridgehead atoms. The van der Waals surface area contributed by atoms with Gasteiger partial charge in [0.15, 0.2) is 0 Å². The van der Waals surface area contributed by atoms with E-state index in [0.29, 0.717) is 0 Å². The number of aliphatic hydroxyl groups excluding tert-OH is 1. The molecule has 0 radical (unpaired) electrons. The Kier molecular flexibility index (Phi) is 4.88. The van der Waals surface area contributed by atoms with Crippen molar-refractivity contribution < 1.29 is 28.2 Å². The van der Waals surface area contributed by atoms with E-state index in [1.165, 1.54) is 0 Å². The lowest BCUT2D eigenvalue weighted by Crippen LogP contribution is -2.49. The highest BCUT2D eigenvalue weighted by Crippen LogP contribution is 2.19. The Morgan fingerprint density at radius 2 is 2.05 bits per heavy atom. The van der Waals surface area contributed by atoms with Crippen LogP contribution < -0.4 is 5.73 Å². The van der Waals surface area contributed by atoms with Gasteiger partial charge < -0.3 is 20.8 Å². The van der Waals surface area contributed by atoms with Crippen molar-refractivity contribution in [1.29, 1.82) is 0 Å². The van der Waals surface area contributed by atoms with Crippen molar-refractivity contribution in [3.8, 4) is 0 Å². The molecule has 1 aliphatic rings. The molecule has 1 unspecified atom stereocenters. The van der Waals surface area contributed by atoms with Gasteiger partial charge in [-0.25, -0.2) is 13.2 Å². The first-order valence-electron chi connectivity index (χ1n) is 5.76. The number of hydrogen-bond donors (Lipinski definition) is 3. The standard InChI is InChI=1S/C10H18N2O6S/c1-19(17,18)3-2-7(11)9(14)12-5-6(13)4-8(12)10(15)16/h6-8,13H,2-5,11H2,1H3,(H,15,16)/t6-,7?,8-/m0/s1. The first-order chi connectivity index (χ1) is 8.61. The maximum Gasteiger partial charge on any atom is 0.326 e. The zero-order valence-corrected chi connectivity index (χ0v) is 11.3. The molecule has 3 atom stereocenters. The number of nitrogens with two attached hydrogens (primary N) is 1. The second-order valence-corrected chi connectivity index (χ2v) is 7.02. The van der Waals surface area contributed by atoms with E-state index in [4.69, 9.17) is 10.8 Å². The fraction of sp³-hybridized carbons (Fsp3) is 0.800. The Bertz CT molecular complexity index is 463. The highest BCUT2D eigenvalue weighted by molar-refractivity contribution is 7.90. The van der Waals surface area contributed by atoms with Crippen LogP contribution in [0.5, 0.6) is 0 Å². The Hall–Kier alpha value is -1.19. The van der Waals surface area contributed by atoms with Crippen molar-refractivity contribution in [3.05, 3.63) is 0 Å². The number of aliphatic carboxylic acids is 1. The minimum absolute atomic E-state index is 0.0418. The summed E-state index contributed by atoms with van der Waals surface area (Å²) in [6.45, 7) is -0.0949. The summed E-state index contributed by atoms with van der Waals surface area (Å²) in [5.41, 5.74) is 5.58. The normalized spacial score (nSPS) is 25.3. The summed E-state index contributed by atoms with van der Waals surface area (Å²) in [5.74, 6) is -2.10. The van der Waals surface area contributed by atoms with E-state index >= 15 is 0 Å². The van der Waals surface area contributed by atoms with Gasteiger partial charge in [-0.2, -0.15) is 0 Å². The number of amides is 1. The van der Waals surface area contributed by atoms with Crippen molar-refractivity contribution >= 4 is 21.7 Å². The van der Waals surface area contributed by atoms with Gasteiger partial charge in [-0.15, -0.1) is 0 Å². The summed E-state index contributed by atoms with van der Waals surface area (Å²) in [6.07, 6.45) is 0.0208. The van der Waals surface area contributed by atoms with Crippen LogP contribution in [0, 0.1) is 0 Å². The van der Waals surface area contributed by atoms with E-state index in [0.717, 1.165) is 11.2 Å². The summed E-state index contributed by atoms with van der Waals surface area (Å²) in [6, 6.07) is -2.19. The van der Waals surface area contributed by atoms with Gasteiger partial charge in [0.1, 0.15) is 15.9 Å². The van der Waals surface area contributed by atoms with E-state index < -0.39 is 39.9 Å². The zero-order chi connectivity index (χ0) is 14.8. The van der Waals surface area contributed by atoms with Crippen LogP contribution in [0.2, 0.25) is 0 Å². The molecule has 110 valence electrons. The highest BCUT2D eigenvalue weighted by atomic mass is 32.2. The summed E-state index contributed by atoms with van der Waals surface area (Å²) >= 11 is 0. The molecule has 1 heterocycles. The number of likely N-dealkylation sites (tertiary alicyclic amines) is 1. The fourth-order valence-corrected chi connectivity index (χ4v) is 2.65. The largest absolute Gasteiger partial charge is 0.480 e. The SMILES string of the molecule is CS(=O)(=O)CCC(N)C(=O)N1C[C@@H](O)C[C@H]1C(=O)O. The molecule has 0 aromatic carbocycles. The number of nitrogens with zero attached hydrogens (tertiary/aromatic N) is 1. The average Bonchev–Trinajstić information content (AvgIpc) is 2.66. The van der Waals surface area contributed by atoms with Crippen LogP contribution in [-0.2, 0) is 19.4 Å². The van der Waals surface area contributed by atoms with Crippen molar-refractivity contribution in [1.82, 2.24) is 4.90 Å². The van der Waals surface area contributed by atoms with Crippen LogP contribution in [-0.4, -0.2) is 72.1 Å². The van der Waals surface area contributed by atoms with Gasteiger partial charge in [-0.3, -0.25) is 4.79 Å². The molecule has 1 aliphatic heterocycles. The molecule has 0 aliphatic carbocycles. The van der Waals surface area contributed by atoms with Gasteiger partial charge in [0.25, 0.3) is 0 Å². The Morgan fingerprint density at radius 1 is 1.47 bits per heavy atom. The van der Waals surface area contributed by atoms with E-state index in [1.54, 1.807) is 0 Å². The minimum Gasteiger partial charge on any atom is -0.480 e. The molecule has 0 aromatic heterocycles. The van der Waals surface area contributed by atoms with Crippen molar-refractivity contribution in [2.45, 2.75) is 31.0 Å². The van der Waals surface area contributed by atoms with Crippen LogP contribution in [0.15, 0.2) is 0 Å². The number of carbonyl (C=O) groups is 2. The van der Waals surface area contributed by atoms with Crippen molar-refractivity contribution in [2.75, 3.05) is 18.6 Å². The van der Waals surface area contributed by atoms with Crippen LogP contribution in [0.4, 0.5) is 0 Å². The lowest BCUT2D eigenvalue weighted by Gasteiger charge is -2.24. The molecule has 0 aromatic rings. The first-order valence-corrected chi connectivity index (χ1v) is 7.82. The molecule has 0 spiro atoms. The quantitative estimate of drug-likeness (QED) is 0.522. The highest BCUT2D eigenvalue weighted by Gasteiger charge is 2.40. The number of carboxylic acids is 1. The van der Waals surface area contributed by atoms with Crippen molar-refractivity contribution in [3.63, 3.8) is 0 Å².